The summed E-state index contributed by atoms with van der Waals surface area (Å²) < 4.78 is 22.7. The number of nitrogens with one attached hydrogen (secondary N) is 1. The third-order valence-corrected chi connectivity index (χ3v) is 5.23. The van der Waals surface area contributed by atoms with Crippen molar-refractivity contribution >= 4 is 15.7 Å². The van der Waals surface area contributed by atoms with Crippen LogP contribution in [0.1, 0.15) is 25.7 Å². The van der Waals surface area contributed by atoms with Gasteiger partial charge in [-0.1, -0.05) is 0 Å². The van der Waals surface area contributed by atoms with Gasteiger partial charge in [-0.3, -0.25) is 4.79 Å². The van der Waals surface area contributed by atoms with Gasteiger partial charge in [-0.05, 0) is 38.1 Å². The second-order valence-electron chi connectivity index (χ2n) is 4.92. The highest BCUT2D eigenvalue weighted by Gasteiger charge is 2.42. The van der Waals surface area contributed by atoms with Crippen molar-refractivity contribution < 1.29 is 13.2 Å². The highest BCUT2D eigenvalue weighted by atomic mass is 32.2. The summed E-state index contributed by atoms with van der Waals surface area (Å²) in [6.07, 6.45) is 3.02. The van der Waals surface area contributed by atoms with E-state index < -0.39 is 21.3 Å². The largest absolute Gasteiger partial charge is 0.368 e. The first kappa shape index (κ1) is 11.9. The van der Waals surface area contributed by atoms with Crippen LogP contribution < -0.4 is 11.1 Å². The van der Waals surface area contributed by atoms with Gasteiger partial charge in [0.25, 0.3) is 0 Å². The average molecular weight is 246 g/mol. The minimum Gasteiger partial charge on any atom is -0.368 e. The van der Waals surface area contributed by atoms with Crippen LogP contribution in [0.25, 0.3) is 0 Å². The molecule has 2 rings (SSSR count). The minimum atomic E-state index is -2.96. The zero-order chi connectivity index (χ0) is 11.8. The zero-order valence-electron chi connectivity index (χ0n) is 9.24. The molecule has 0 aromatic heterocycles. The fraction of sp³-hybridized carbons (Fsp3) is 0.900. The Bertz CT molecular complexity index is 373. The molecule has 16 heavy (non-hydrogen) atoms. The molecule has 6 heteroatoms. The molecule has 1 amide bonds. The number of rotatable bonds is 4. The number of amides is 1. The molecule has 0 aromatic rings. The standard InChI is InChI=1S/C10H18N2O3S/c11-9(13)10(12-7-8-1-2-8)3-5-16(14,15)6-4-10/h8,12H,1-7H2,(H2,11,13). The van der Waals surface area contributed by atoms with Crippen LogP contribution in [0.2, 0.25) is 0 Å². The van der Waals surface area contributed by atoms with Crippen LogP contribution in [0.5, 0.6) is 0 Å². The van der Waals surface area contributed by atoms with Crippen molar-refractivity contribution in [2.75, 3.05) is 18.1 Å². The van der Waals surface area contributed by atoms with Gasteiger partial charge in [-0.25, -0.2) is 8.42 Å². The highest BCUT2D eigenvalue weighted by Crippen LogP contribution is 2.30. The zero-order valence-corrected chi connectivity index (χ0v) is 10.1. The van der Waals surface area contributed by atoms with Crippen molar-refractivity contribution in [3.63, 3.8) is 0 Å². The van der Waals surface area contributed by atoms with E-state index in [1.165, 1.54) is 12.8 Å². The van der Waals surface area contributed by atoms with Gasteiger partial charge >= 0.3 is 0 Å². The SMILES string of the molecule is NC(=O)C1(NCC2CC2)CCS(=O)(=O)CC1. The third kappa shape index (κ3) is 2.55. The van der Waals surface area contributed by atoms with Gasteiger partial charge in [-0.2, -0.15) is 0 Å². The van der Waals surface area contributed by atoms with Crippen LogP contribution in [0.3, 0.4) is 0 Å². The third-order valence-electron chi connectivity index (χ3n) is 3.58. The summed E-state index contributed by atoms with van der Waals surface area (Å²) in [5.74, 6) is 0.360. The average Bonchev–Trinajstić information content (AvgIpc) is 3.00. The summed E-state index contributed by atoms with van der Waals surface area (Å²) in [7, 11) is -2.96. The first-order chi connectivity index (χ1) is 7.44. The fourth-order valence-electron chi connectivity index (χ4n) is 2.06. The normalized spacial score (nSPS) is 27.5. The van der Waals surface area contributed by atoms with Crippen molar-refractivity contribution in [3.8, 4) is 0 Å². The quantitative estimate of drug-likeness (QED) is 0.694. The van der Waals surface area contributed by atoms with E-state index in [1.54, 1.807) is 0 Å². The van der Waals surface area contributed by atoms with Gasteiger partial charge in [0.05, 0.1) is 17.0 Å². The van der Waals surface area contributed by atoms with E-state index >= 15 is 0 Å². The molecule has 1 saturated carbocycles. The Labute approximate surface area is 95.7 Å². The lowest BCUT2D eigenvalue weighted by Crippen LogP contribution is -2.59. The maximum atomic E-state index is 11.5. The molecular formula is C10H18N2O3S. The Balaban J connectivity index is 2.01. The Kier molecular flexibility index (Phi) is 2.96. The maximum Gasteiger partial charge on any atom is 0.237 e. The summed E-state index contributed by atoms with van der Waals surface area (Å²) >= 11 is 0. The van der Waals surface area contributed by atoms with E-state index in [4.69, 9.17) is 5.73 Å². The monoisotopic (exact) mass is 246 g/mol. The van der Waals surface area contributed by atoms with E-state index in [1.807, 2.05) is 0 Å². The fourth-order valence-corrected chi connectivity index (χ4v) is 3.58. The Morgan fingerprint density at radius 3 is 2.31 bits per heavy atom. The lowest BCUT2D eigenvalue weighted by molar-refractivity contribution is -0.124. The molecule has 2 fully saturated rings. The van der Waals surface area contributed by atoms with Crippen LogP contribution in [-0.4, -0.2) is 37.9 Å². The van der Waals surface area contributed by atoms with Gasteiger partial charge in [0.2, 0.25) is 5.91 Å². The lowest BCUT2D eigenvalue weighted by atomic mass is 9.91. The molecule has 92 valence electrons. The predicted octanol–water partition coefficient (Wildman–Crippen LogP) is -0.581. The van der Waals surface area contributed by atoms with Gasteiger partial charge in [0.1, 0.15) is 9.84 Å². The molecule has 1 saturated heterocycles. The van der Waals surface area contributed by atoms with E-state index in [2.05, 4.69) is 5.32 Å². The molecule has 0 bridgehead atoms. The van der Waals surface area contributed by atoms with Crippen molar-refractivity contribution in [1.82, 2.24) is 5.32 Å². The number of carbonyl (C=O) groups excluding carboxylic acids is 1. The summed E-state index contributed by atoms with van der Waals surface area (Å²) in [6, 6.07) is 0. The van der Waals surface area contributed by atoms with Crippen LogP contribution in [0, 0.1) is 5.92 Å². The molecule has 2 aliphatic rings. The molecule has 0 aromatic carbocycles. The highest BCUT2D eigenvalue weighted by molar-refractivity contribution is 7.91. The molecule has 1 heterocycles. The maximum absolute atomic E-state index is 11.5. The van der Waals surface area contributed by atoms with Crippen LogP contribution in [0.4, 0.5) is 0 Å². The predicted molar refractivity (Wildman–Crippen MR) is 60.5 cm³/mol. The number of primary amides is 1. The van der Waals surface area contributed by atoms with E-state index in [0.29, 0.717) is 18.8 Å². The van der Waals surface area contributed by atoms with Crippen molar-refractivity contribution in [3.05, 3.63) is 0 Å². The molecule has 0 atom stereocenters. The number of nitrogens with two attached hydrogens (primary N) is 1. The minimum absolute atomic E-state index is 0.0631. The summed E-state index contributed by atoms with van der Waals surface area (Å²) in [5.41, 5.74) is 4.62. The molecule has 5 nitrogen and oxygen atoms in total. The smallest absolute Gasteiger partial charge is 0.237 e. The van der Waals surface area contributed by atoms with Gasteiger partial charge < -0.3 is 11.1 Å². The Morgan fingerprint density at radius 2 is 1.88 bits per heavy atom. The van der Waals surface area contributed by atoms with Gasteiger partial charge in [0.15, 0.2) is 0 Å². The molecule has 3 N–H and O–H groups in total. The first-order valence-corrected chi connectivity index (χ1v) is 7.51. The van der Waals surface area contributed by atoms with Crippen molar-refractivity contribution in [2.45, 2.75) is 31.2 Å². The van der Waals surface area contributed by atoms with Gasteiger partial charge in [-0.15, -0.1) is 0 Å². The molecule has 0 unspecified atom stereocenters. The Morgan fingerprint density at radius 1 is 1.31 bits per heavy atom. The molecule has 1 aliphatic carbocycles. The van der Waals surface area contributed by atoms with E-state index in [-0.39, 0.29) is 11.5 Å². The van der Waals surface area contributed by atoms with Crippen molar-refractivity contribution in [1.29, 1.82) is 0 Å². The molecule has 0 radical (unpaired) electrons. The summed E-state index contributed by atoms with van der Waals surface area (Å²) in [4.78, 5) is 11.5. The first-order valence-electron chi connectivity index (χ1n) is 5.69. The van der Waals surface area contributed by atoms with Gasteiger partial charge in [0, 0.05) is 0 Å². The number of hydrogen-bond acceptors (Lipinski definition) is 4. The van der Waals surface area contributed by atoms with E-state index in [0.717, 1.165) is 6.54 Å². The van der Waals surface area contributed by atoms with Crippen LogP contribution in [0.15, 0.2) is 0 Å². The lowest BCUT2D eigenvalue weighted by Gasteiger charge is -2.35. The van der Waals surface area contributed by atoms with Crippen LogP contribution >= 0.6 is 0 Å². The summed E-state index contributed by atoms with van der Waals surface area (Å²) in [6.45, 7) is 0.781. The molecular weight excluding hydrogens is 228 g/mol. The van der Waals surface area contributed by atoms with Crippen molar-refractivity contribution in [2.24, 2.45) is 11.7 Å². The number of carbonyl (C=O) groups is 1. The topological polar surface area (TPSA) is 89.3 Å². The Hall–Kier alpha value is -0.620. The molecule has 0 spiro atoms. The summed E-state index contributed by atoms with van der Waals surface area (Å²) in [5, 5.41) is 3.20. The second kappa shape index (κ2) is 4.00. The molecule has 1 aliphatic heterocycles. The van der Waals surface area contributed by atoms with Crippen LogP contribution in [-0.2, 0) is 14.6 Å². The number of sulfone groups is 1. The van der Waals surface area contributed by atoms with E-state index in [9.17, 15) is 13.2 Å². The second-order valence-corrected chi connectivity index (χ2v) is 7.23. The number of hydrogen-bond donors (Lipinski definition) is 2.